The predicted octanol–water partition coefficient (Wildman–Crippen LogP) is 3.94. The van der Waals surface area contributed by atoms with Gasteiger partial charge in [-0.3, -0.25) is 0 Å². The van der Waals surface area contributed by atoms with E-state index in [0.717, 1.165) is 5.56 Å². The maximum absolute atomic E-state index is 12.3. The zero-order chi connectivity index (χ0) is 21.2. The van der Waals surface area contributed by atoms with E-state index in [1.165, 1.54) is 37.4 Å². The van der Waals surface area contributed by atoms with E-state index in [9.17, 15) is 22.4 Å². The number of methoxy groups -OCH3 is 1. The maximum Gasteiger partial charge on any atom is 0.387 e. The molecule has 0 aromatic heterocycles. The summed E-state index contributed by atoms with van der Waals surface area (Å²) in [6, 6.07) is 10.0. The summed E-state index contributed by atoms with van der Waals surface area (Å²) in [7, 11) is 1.32. The van der Waals surface area contributed by atoms with Crippen LogP contribution in [0.25, 0.3) is 0 Å². The zero-order valence-electron chi connectivity index (χ0n) is 15.5. The number of hydrogen-bond donors (Lipinski definition) is 2. The summed E-state index contributed by atoms with van der Waals surface area (Å²) in [5.41, 5.74) is 1.47. The van der Waals surface area contributed by atoms with Crippen LogP contribution in [-0.4, -0.2) is 32.9 Å². The number of carbonyl (C=O) groups is 1. The molecule has 6 nitrogen and oxygen atoms in total. The Morgan fingerprint density at radius 1 is 0.897 bits per heavy atom. The van der Waals surface area contributed by atoms with Gasteiger partial charge < -0.3 is 24.8 Å². The van der Waals surface area contributed by atoms with E-state index < -0.39 is 19.3 Å². The Balaban J connectivity index is 1.75. The Bertz CT molecular complexity index is 788. The van der Waals surface area contributed by atoms with Crippen molar-refractivity contribution in [2.75, 3.05) is 13.7 Å². The molecule has 2 rings (SSSR count). The molecule has 10 heteroatoms. The third-order valence-electron chi connectivity index (χ3n) is 3.74. The van der Waals surface area contributed by atoms with E-state index in [1.54, 1.807) is 12.1 Å². The SMILES string of the molecule is COc1cc(CNC(=O)NCCc2ccc(OC(F)F)cc2)ccc1OC(F)F. The summed E-state index contributed by atoms with van der Waals surface area (Å²) in [6.07, 6.45) is 0.496. The van der Waals surface area contributed by atoms with Crippen molar-refractivity contribution in [1.82, 2.24) is 10.6 Å². The summed E-state index contributed by atoms with van der Waals surface area (Å²) >= 11 is 0. The van der Waals surface area contributed by atoms with Gasteiger partial charge >= 0.3 is 19.3 Å². The molecular weight excluding hydrogens is 396 g/mol. The van der Waals surface area contributed by atoms with Crippen molar-refractivity contribution in [3.05, 3.63) is 53.6 Å². The van der Waals surface area contributed by atoms with Crippen molar-refractivity contribution < 1.29 is 36.6 Å². The van der Waals surface area contributed by atoms with E-state index in [1.807, 2.05) is 0 Å². The number of carbonyl (C=O) groups excluding carboxylic acids is 1. The van der Waals surface area contributed by atoms with Crippen molar-refractivity contribution in [3.63, 3.8) is 0 Å². The minimum Gasteiger partial charge on any atom is -0.493 e. The monoisotopic (exact) mass is 416 g/mol. The Morgan fingerprint density at radius 3 is 2.17 bits per heavy atom. The second-order valence-electron chi connectivity index (χ2n) is 5.75. The molecule has 0 saturated heterocycles. The quantitative estimate of drug-likeness (QED) is 0.576. The smallest absolute Gasteiger partial charge is 0.387 e. The number of amides is 2. The number of hydrogen-bond acceptors (Lipinski definition) is 4. The fraction of sp³-hybridized carbons (Fsp3) is 0.316. The number of ether oxygens (including phenoxy) is 3. The molecule has 0 fully saturated rings. The molecule has 0 bridgehead atoms. The van der Waals surface area contributed by atoms with E-state index in [2.05, 4.69) is 20.1 Å². The van der Waals surface area contributed by atoms with Gasteiger partial charge in [0.1, 0.15) is 5.75 Å². The lowest BCUT2D eigenvalue weighted by molar-refractivity contribution is -0.0514. The van der Waals surface area contributed by atoms with Crippen molar-refractivity contribution in [3.8, 4) is 17.2 Å². The highest BCUT2D eigenvalue weighted by Crippen LogP contribution is 2.29. The fourth-order valence-electron chi connectivity index (χ4n) is 2.42. The van der Waals surface area contributed by atoms with Gasteiger partial charge in [0.2, 0.25) is 0 Å². The summed E-state index contributed by atoms with van der Waals surface area (Å²) < 4.78 is 62.4. The molecule has 2 aromatic rings. The first-order chi connectivity index (χ1) is 13.9. The summed E-state index contributed by atoms with van der Waals surface area (Å²) in [5, 5.41) is 5.29. The first-order valence-corrected chi connectivity index (χ1v) is 8.54. The van der Waals surface area contributed by atoms with E-state index >= 15 is 0 Å². The van der Waals surface area contributed by atoms with Crippen LogP contribution < -0.4 is 24.8 Å². The van der Waals surface area contributed by atoms with Gasteiger partial charge in [0, 0.05) is 13.1 Å². The van der Waals surface area contributed by atoms with Crippen LogP contribution in [0.1, 0.15) is 11.1 Å². The molecule has 0 saturated carbocycles. The minimum absolute atomic E-state index is 0.0647. The molecule has 0 atom stereocenters. The van der Waals surface area contributed by atoms with Crippen LogP contribution in [0.4, 0.5) is 22.4 Å². The topological polar surface area (TPSA) is 68.8 Å². The van der Waals surface area contributed by atoms with Gasteiger partial charge in [-0.25, -0.2) is 4.79 Å². The first kappa shape index (κ1) is 22.1. The van der Waals surface area contributed by atoms with Crippen LogP contribution in [0.5, 0.6) is 17.2 Å². The molecular formula is C19H20F4N2O4. The largest absolute Gasteiger partial charge is 0.493 e. The molecule has 2 aromatic carbocycles. The number of benzene rings is 2. The summed E-state index contributed by atoms with van der Waals surface area (Å²) in [5.74, 6) is 0.0970. The van der Waals surface area contributed by atoms with Crippen molar-refractivity contribution >= 4 is 6.03 Å². The highest BCUT2D eigenvalue weighted by Gasteiger charge is 2.11. The second kappa shape index (κ2) is 11.0. The fourth-order valence-corrected chi connectivity index (χ4v) is 2.42. The average Bonchev–Trinajstić information content (AvgIpc) is 2.67. The average molecular weight is 416 g/mol. The second-order valence-corrected chi connectivity index (χ2v) is 5.75. The minimum atomic E-state index is -2.97. The summed E-state index contributed by atoms with van der Waals surface area (Å²) in [6.45, 7) is -5.37. The number of nitrogens with one attached hydrogen (secondary N) is 2. The van der Waals surface area contributed by atoms with E-state index in [-0.39, 0.29) is 23.8 Å². The lowest BCUT2D eigenvalue weighted by Gasteiger charge is -2.12. The van der Waals surface area contributed by atoms with Gasteiger partial charge in [-0.05, 0) is 41.8 Å². The molecule has 158 valence electrons. The predicted molar refractivity (Wildman–Crippen MR) is 96.6 cm³/mol. The van der Waals surface area contributed by atoms with E-state index in [0.29, 0.717) is 18.5 Å². The van der Waals surface area contributed by atoms with Crippen molar-refractivity contribution in [1.29, 1.82) is 0 Å². The molecule has 0 radical (unpaired) electrons. The van der Waals surface area contributed by atoms with Gasteiger partial charge in [0.05, 0.1) is 7.11 Å². The Hall–Kier alpha value is -3.17. The lowest BCUT2D eigenvalue weighted by Crippen LogP contribution is -2.36. The van der Waals surface area contributed by atoms with E-state index in [4.69, 9.17) is 4.74 Å². The van der Waals surface area contributed by atoms with Crippen molar-refractivity contribution in [2.45, 2.75) is 26.2 Å². The number of urea groups is 1. The lowest BCUT2D eigenvalue weighted by atomic mass is 10.1. The number of halogens is 4. The van der Waals surface area contributed by atoms with Crippen LogP contribution >= 0.6 is 0 Å². The highest BCUT2D eigenvalue weighted by atomic mass is 19.3. The molecule has 0 aliphatic carbocycles. The molecule has 2 N–H and O–H groups in total. The first-order valence-electron chi connectivity index (χ1n) is 8.54. The van der Waals surface area contributed by atoms with Crippen LogP contribution in [0.2, 0.25) is 0 Å². The highest BCUT2D eigenvalue weighted by molar-refractivity contribution is 5.73. The molecule has 0 aliphatic heterocycles. The molecule has 0 heterocycles. The number of alkyl halides is 4. The van der Waals surface area contributed by atoms with Gasteiger partial charge in [-0.15, -0.1) is 0 Å². The maximum atomic E-state index is 12.3. The third-order valence-corrected chi connectivity index (χ3v) is 3.74. The third kappa shape index (κ3) is 7.76. The molecule has 2 amide bonds. The van der Waals surface area contributed by atoms with Crippen molar-refractivity contribution in [2.24, 2.45) is 0 Å². The molecule has 0 spiro atoms. The molecule has 29 heavy (non-hydrogen) atoms. The molecule has 0 aliphatic rings. The standard InChI is InChI=1S/C19H20F4N2O4/c1-27-16-10-13(4-7-15(16)29-18(22)23)11-25-19(26)24-9-8-12-2-5-14(6-3-12)28-17(20)21/h2-7,10,17-18H,8-9,11H2,1H3,(H2,24,25,26). The van der Waals surface area contributed by atoms with Gasteiger partial charge in [-0.1, -0.05) is 18.2 Å². The van der Waals surface area contributed by atoms with Crippen LogP contribution in [0.15, 0.2) is 42.5 Å². The normalized spacial score (nSPS) is 10.7. The van der Waals surface area contributed by atoms with Crippen LogP contribution in [0, 0.1) is 0 Å². The number of rotatable bonds is 10. The van der Waals surface area contributed by atoms with Gasteiger partial charge in [0.15, 0.2) is 11.5 Å². The Labute approximate surface area is 164 Å². The Morgan fingerprint density at radius 2 is 1.55 bits per heavy atom. The van der Waals surface area contributed by atoms with Gasteiger partial charge in [-0.2, -0.15) is 17.6 Å². The zero-order valence-corrected chi connectivity index (χ0v) is 15.5. The Kier molecular flexibility index (Phi) is 8.38. The van der Waals surface area contributed by atoms with Crippen LogP contribution in [0.3, 0.4) is 0 Å². The molecule has 0 unspecified atom stereocenters. The van der Waals surface area contributed by atoms with Crippen LogP contribution in [-0.2, 0) is 13.0 Å². The summed E-state index contributed by atoms with van der Waals surface area (Å²) in [4.78, 5) is 11.9. The van der Waals surface area contributed by atoms with Gasteiger partial charge in [0.25, 0.3) is 0 Å².